The number of carbonyl (C=O) groups excluding carboxylic acids is 1. The highest BCUT2D eigenvalue weighted by molar-refractivity contribution is 6.30. The van der Waals surface area contributed by atoms with E-state index in [0.29, 0.717) is 17.5 Å². The fraction of sp³-hybridized carbons (Fsp3) is 0.462. The van der Waals surface area contributed by atoms with E-state index in [0.717, 1.165) is 18.7 Å². The average Bonchev–Trinajstić information content (AvgIpc) is 2.33. The third-order valence-electron chi connectivity index (χ3n) is 2.97. The molecule has 2 rings (SSSR count). The first kappa shape index (κ1) is 12.4. The Labute approximate surface area is 107 Å². The monoisotopic (exact) mass is 252 g/mol. The van der Waals surface area contributed by atoms with E-state index >= 15 is 0 Å². The van der Waals surface area contributed by atoms with Crippen LogP contribution in [0.25, 0.3) is 0 Å². The number of halogens is 1. The first-order chi connectivity index (χ1) is 8.24. The molecule has 1 aromatic rings. The van der Waals surface area contributed by atoms with Crippen molar-refractivity contribution in [2.45, 2.75) is 31.7 Å². The van der Waals surface area contributed by atoms with Gasteiger partial charge in [-0.2, -0.15) is 0 Å². The van der Waals surface area contributed by atoms with Crippen LogP contribution in [0.4, 0.5) is 5.69 Å². The smallest absolute Gasteiger partial charge is 0.225 e. The Morgan fingerprint density at radius 3 is 2.76 bits per heavy atom. The Kier molecular flexibility index (Phi) is 4.40. The van der Waals surface area contributed by atoms with Gasteiger partial charge in [0, 0.05) is 23.2 Å². The Bertz CT molecular complexity index is 372. The third-order valence-corrected chi connectivity index (χ3v) is 3.22. The Morgan fingerprint density at radius 1 is 1.35 bits per heavy atom. The van der Waals surface area contributed by atoms with Crippen molar-refractivity contribution >= 4 is 23.2 Å². The van der Waals surface area contributed by atoms with Crippen LogP contribution >= 0.6 is 11.6 Å². The van der Waals surface area contributed by atoms with Gasteiger partial charge in [-0.05, 0) is 43.7 Å². The number of hydrogen-bond donors (Lipinski definition) is 2. The molecule has 1 fully saturated rings. The summed E-state index contributed by atoms with van der Waals surface area (Å²) in [6, 6.07) is 7.51. The summed E-state index contributed by atoms with van der Waals surface area (Å²) in [6.07, 6.45) is 4.07. The fourth-order valence-electron chi connectivity index (χ4n) is 2.07. The van der Waals surface area contributed by atoms with E-state index < -0.39 is 0 Å². The Hall–Kier alpha value is -1.06. The lowest BCUT2D eigenvalue weighted by Crippen LogP contribution is -2.36. The zero-order valence-electron chi connectivity index (χ0n) is 9.71. The summed E-state index contributed by atoms with van der Waals surface area (Å²) in [5.74, 6) is 0.0618. The molecule has 92 valence electrons. The van der Waals surface area contributed by atoms with E-state index in [1.807, 2.05) is 12.1 Å². The van der Waals surface area contributed by atoms with Crippen molar-refractivity contribution in [3.8, 4) is 0 Å². The lowest BCUT2D eigenvalue weighted by atomic mass is 10.0. The Balaban J connectivity index is 1.82. The van der Waals surface area contributed by atoms with Gasteiger partial charge in [0.1, 0.15) is 0 Å². The highest BCUT2D eigenvalue weighted by atomic mass is 35.5. The number of piperidine rings is 1. The summed E-state index contributed by atoms with van der Waals surface area (Å²) in [6.45, 7) is 1.03. The summed E-state index contributed by atoms with van der Waals surface area (Å²) >= 11 is 5.78. The molecule has 0 bridgehead atoms. The van der Waals surface area contributed by atoms with Crippen molar-refractivity contribution in [1.82, 2.24) is 5.32 Å². The maximum absolute atomic E-state index is 11.8. The molecule has 1 aliphatic heterocycles. The minimum absolute atomic E-state index is 0.0618. The molecule has 1 heterocycles. The van der Waals surface area contributed by atoms with Gasteiger partial charge < -0.3 is 10.6 Å². The van der Waals surface area contributed by atoms with Crippen LogP contribution in [0.3, 0.4) is 0 Å². The standard InChI is InChI=1S/C13H17ClN2O/c14-10-4-6-11(7-5-10)16-13(17)9-12-3-1-2-8-15-12/h4-7,12,15H,1-3,8-9H2,(H,16,17). The van der Waals surface area contributed by atoms with Gasteiger partial charge in [-0.25, -0.2) is 0 Å². The van der Waals surface area contributed by atoms with Gasteiger partial charge in [-0.15, -0.1) is 0 Å². The normalized spacial score (nSPS) is 19.9. The quantitative estimate of drug-likeness (QED) is 0.869. The summed E-state index contributed by atoms with van der Waals surface area (Å²) in [5.41, 5.74) is 0.801. The number of anilines is 1. The van der Waals surface area contributed by atoms with Crippen LogP contribution in [-0.2, 0) is 4.79 Å². The van der Waals surface area contributed by atoms with E-state index in [2.05, 4.69) is 10.6 Å². The molecule has 17 heavy (non-hydrogen) atoms. The second-order valence-corrected chi connectivity index (χ2v) is 4.84. The minimum atomic E-state index is 0.0618. The van der Waals surface area contributed by atoms with Gasteiger partial charge in [0.25, 0.3) is 0 Å². The zero-order chi connectivity index (χ0) is 12.1. The van der Waals surface area contributed by atoms with E-state index in [1.54, 1.807) is 12.1 Å². The van der Waals surface area contributed by atoms with E-state index in [1.165, 1.54) is 12.8 Å². The SMILES string of the molecule is O=C(CC1CCCCN1)Nc1ccc(Cl)cc1. The van der Waals surface area contributed by atoms with Crippen LogP contribution in [0, 0.1) is 0 Å². The second kappa shape index (κ2) is 6.03. The predicted octanol–water partition coefficient (Wildman–Crippen LogP) is 2.81. The van der Waals surface area contributed by atoms with Crippen molar-refractivity contribution < 1.29 is 4.79 Å². The number of benzene rings is 1. The molecule has 0 radical (unpaired) electrons. The topological polar surface area (TPSA) is 41.1 Å². The van der Waals surface area contributed by atoms with Crippen LogP contribution in [0.15, 0.2) is 24.3 Å². The van der Waals surface area contributed by atoms with Crippen molar-refractivity contribution in [2.75, 3.05) is 11.9 Å². The number of nitrogens with one attached hydrogen (secondary N) is 2. The molecule has 4 heteroatoms. The third kappa shape index (κ3) is 4.02. The van der Waals surface area contributed by atoms with Gasteiger partial charge in [0.05, 0.1) is 0 Å². The molecule has 1 unspecified atom stereocenters. The summed E-state index contributed by atoms with van der Waals surface area (Å²) in [7, 11) is 0. The van der Waals surface area contributed by atoms with Crippen LogP contribution in [0.2, 0.25) is 5.02 Å². The van der Waals surface area contributed by atoms with E-state index in [-0.39, 0.29) is 5.91 Å². The van der Waals surface area contributed by atoms with Gasteiger partial charge >= 0.3 is 0 Å². The molecule has 1 aliphatic rings. The first-order valence-electron chi connectivity index (χ1n) is 6.03. The Morgan fingerprint density at radius 2 is 2.12 bits per heavy atom. The lowest BCUT2D eigenvalue weighted by Gasteiger charge is -2.22. The lowest BCUT2D eigenvalue weighted by molar-refractivity contribution is -0.116. The van der Waals surface area contributed by atoms with Gasteiger partial charge in [0.15, 0.2) is 0 Å². The molecule has 0 saturated carbocycles. The van der Waals surface area contributed by atoms with E-state index in [4.69, 9.17) is 11.6 Å². The minimum Gasteiger partial charge on any atom is -0.326 e. The molecule has 3 nitrogen and oxygen atoms in total. The molecule has 2 N–H and O–H groups in total. The fourth-order valence-corrected chi connectivity index (χ4v) is 2.19. The maximum Gasteiger partial charge on any atom is 0.225 e. The van der Waals surface area contributed by atoms with Crippen molar-refractivity contribution in [3.63, 3.8) is 0 Å². The summed E-state index contributed by atoms with van der Waals surface area (Å²) in [5, 5.41) is 6.92. The second-order valence-electron chi connectivity index (χ2n) is 4.41. The maximum atomic E-state index is 11.8. The van der Waals surface area contributed by atoms with Crippen LogP contribution < -0.4 is 10.6 Å². The zero-order valence-corrected chi connectivity index (χ0v) is 10.5. The van der Waals surface area contributed by atoms with Gasteiger partial charge in [0.2, 0.25) is 5.91 Å². The average molecular weight is 253 g/mol. The largest absolute Gasteiger partial charge is 0.326 e. The van der Waals surface area contributed by atoms with Crippen LogP contribution in [0.5, 0.6) is 0 Å². The molecule has 1 aromatic carbocycles. The van der Waals surface area contributed by atoms with Gasteiger partial charge in [-0.3, -0.25) is 4.79 Å². The molecule has 0 spiro atoms. The number of rotatable bonds is 3. The van der Waals surface area contributed by atoms with Crippen molar-refractivity contribution in [2.24, 2.45) is 0 Å². The highest BCUT2D eigenvalue weighted by Gasteiger charge is 2.16. The number of carbonyl (C=O) groups is 1. The number of amides is 1. The highest BCUT2D eigenvalue weighted by Crippen LogP contribution is 2.15. The summed E-state index contributed by atoms with van der Waals surface area (Å²) in [4.78, 5) is 11.8. The molecule has 1 atom stereocenters. The first-order valence-corrected chi connectivity index (χ1v) is 6.40. The molecular weight excluding hydrogens is 236 g/mol. The predicted molar refractivity (Wildman–Crippen MR) is 70.3 cm³/mol. The summed E-state index contributed by atoms with van der Waals surface area (Å²) < 4.78 is 0. The molecule has 0 aromatic heterocycles. The molecule has 1 amide bonds. The molecular formula is C13H17ClN2O. The number of hydrogen-bond acceptors (Lipinski definition) is 2. The van der Waals surface area contributed by atoms with Gasteiger partial charge in [-0.1, -0.05) is 18.0 Å². The van der Waals surface area contributed by atoms with Crippen LogP contribution in [0.1, 0.15) is 25.7 Å². The molecule has 1 saturated heterocycles. The van der Waals surface area contributed by atoms with Crippen molar-refractivity contribution in [1.29, 1.82) is 0 Å². The van der Waals surface area contributed by atoms with Crippen LogP contribution in [-0.4, -0.2) is 18.5 Å². The van der Waals surface area contributed by atoms with Crippen molar-refractivity contribution in [3.05, 3.63) is 29.3 Å². The van der Waals surface area contributed by atoms with E-state index in [9.17, 15) is 4.79 Å². The molecule has 0 aliphatic carbocycles.